The molecule has 0 unspecified atom stereocenters. The van der Waals surface area contributed by atoms with E-state index in [0.717, 1.165) is 0 Å². The van der Waals surface area contributed by atoms with Crippen LogP contribution in [0.3, 0.4) is 0 Å². The molecule has 22 heavy (non-hydrogen) atoms. The minimum atomic E-state index is -0.680. The predicted octanol–water partition coefficient (Wildman–Crippen LogP) is -0.313. The van der Waals surface area contributed by atoms with Crippen LogP contribution in [0, 0.1) is 0 Å². The Morgan fingerprint density at radius 1 is 1.64 bits per heavy atom. The summed E-state index contributed by atoms with van der Waals surface area (Å²) in [5.41, 5.74) is -0.836. The highest BCUT2D eigenvalue weighted by Crippen LogP contribution is 2.27. The van der Waals surface area contributed by atoms with Crippen molar-refractivity contribution in [1.82, 2.24) is 14.9 Å². The van der Waals surface area contributed by atoms with E-state index < -0.39 is 29.6 Å². The molecule has 2 heterocycles. The lowest BCUT2D eigenvalue weighted by atomic mass is 10.1. The van der Waals surface area contributed by atoms with Crippen molar-refractivity contribution in [1.29, 1.82) is 0 Å². The average Bonchev–Trinajstić information content (AvgIpc) is 2.83. The van der Waals surface area contributed by atoms with Crippen LogP contribution in [0.2, 0.25) is 0 Å². The number of amides is 1. The van der Waals surface area contributed by atoms with Crippen molar-refractivity contribution >= 4 is 27.9 Å². The van der Waals surface area contributed by atoms with Gasteiger partial charge in [-0.3, -0.25) is 19.1 Å². The Morgan fingerprint density at radius 3 is 2.95 bits per heavy atom. The SMILES string of the molecule is CC(=O)N[C@H]1C[C@H](n2cc(C=CBr)c(=O)[nH]c2=O)O[C@@H]1CO. The number of aromatic nitrogens is 2. The van der Waals surface area contributed by atoms with Gasteiger partial charge in [-0.1, -0.05) is 15.9 Å². The minimum absolute atomic E-state index is 0.246. The highest BCUT2D eigenvalue weighted by molar-refractivity contribution is 9.11. The number of carbonyl (C=O) groups is 1. The number of hydrogen-bond acceptors (Lipinski definition) is 5. The van der Waals surface area contributed by atoms with Gasteiger partial charge in [0.05, 0.1) is 18.2 Å². The molecule has 3 N–H and O–H groups in total. The average molecular weight is 374 g/mol. The second-order valence-corrected chi connectivity index (χ2v) is 5.43. The van der Waals surface area contributed by atoms with Crippen molar-refractivity contribution < 1.29 is 14.6 Å². The van der Waals surface area contributed by atoms with Crippen LogP contribution in [0.25, 0.3) is 6.08 Å². The van der Waals surface area contributed by atoms with E-state index in [9.17, 15) is 19.5 Å². The Kier molecular flexibility index (Phi) is 5.33. The lowest BCUT2D eigenvalue weighted by molar-refractivity contribution is -0.120. The van der Waals surface area contributed by atoms with Crippen LogP contribution in [0.1, 0.15) is 25.1 Å². The van der Waals surface area contributed by atoms with Crippen molar-refractivity contribution in [3.63, 3.8) is 0 Å². The Balaban J connectivity index is 2.32. The summed E-state index contributed by atoms with van der Waals surface area (Å²) in [6, 6.07) is -0.401. The molecule has 0 radical (unpaired) electrons. The van der Waals surface area contributed by atoms with Crippen LogP contribution in [0.5, 0.6) is 0 Å². The molecule has 9 heteroatoms. The molecule has 1 amide bonds. The van der Waals surface area contributed by atoms with Gasteiger partial charge in [-0.15, -0.1) is 0 Å². The molecule has 1 aliphatic rings. The minimum Gasteiger partial charge on any atom is -0.394 e. The number of halogens is 1. The van der Waals surface area contributed by atoms with Gasteiger partial charge in [-0.05, 0) is 11.1 Å². The van der Waals surface area contributed by atoms with Crippen LogP contribution in [0.4, 0.5) is 0 Å². The van der Waals surface area contributed by atoms with Crippen molar-refractivity contribution in [2.24, 2.45) is 0 Å². The fraction of sp³-hybridized carbons (Fsp3) is 0.462. The van der Waals surface area contributed by atoms with Gasteiger partial charge in [-0.2, -0.15) is 0 Å². The lowest BCUT2D eigenvalue weighted by Crippen LogP contribution is -2.40. The molecule has 1 aromatic rings. The summed E-state index contributed by atoms with van der Waals surface area (Å²) in [5, 5.41) is 12.0. The summed E-state index contributed by atoms with van der Waals surface area (Å²) in [5.74, 6) is -0.246. The number of aliphatic hydroxyl groups excluding tert-OH is 1. The normalized spacial score (nSPS) is 24.8. The van der Waals surface area contributed by atoms with Crippen molar-refractivity contribution in [2.45, 2.75) is 31.7 Å². The van der Waals surface area contributed by atoms with E-state index in [2.05, 4.69) is 26.2 Å². The van der Waals surface area contributed by atoms with Crippen molar-refractivity contribution in [2.75, 3.05) is 6.61 Å². The predicted molar refractivity (Wildman–Crippen MR) is 82.5 cm³/mol. The molecular weight excluding hydrogens is 358 g/mol. The van der Waals surface area contributed by atoms with Gasteiger partial charge in [0.2, 0.25) is 5.91 Å². The van der Waals surface area contributed by atoms with Crippen LogP contribution in [0.15, 0.2) is 20.8 Å². The first-order valence-corrected chi connectivity index (χ1v) is 7.53. The zero-order valence-corrected chi connectivity index (χ0v) is 13.4. The Bertz CT molecular complexity index is 696. The standard InChI is InChI=1S/C13H16BrN3O5/c1-7(19)15-9-4-11(22-10(9)6-18)17-5-8(2-3-14)12(20)16-13(17)21/h2-3,5,9-11,18H,4,6H2,1H3,(H,15,19)(H,16,20,21)/t9-,10+,11+/m0/s1. The third kappa shape index (κ3) is 3.54. The zero-order valence-electron chi connectivity index (χ0n) is 11.8. The molecule has 0 saturated carbocycles. The molecule has 1 saturated heterocycles. The third-order valence-corrected chi connectivity index (χ3v) is 3.62. The molecule has 0 spiro atoms. The largest absolute Gasteiger partial charge is 0.394 e. The molecule has 8 nitrogen and oxygen atoms in total. The summed E-state index contributed by atoms with van der Waals surface area (Å²) in [4.78, 5) is 38.5. The molecule has 3 atom stereocenters. The summed E-state index contributed by atoms with van der Waals surface area (Å²) in [7, 11) is 0. The van der Waals surface area contributed by atoms with Gasteiger partial charge < -0.3 is 15.2 Å². The van der Waals surface area contributed by atoms with E-state index in [1.807, 2.05) is 0 Å². The summed E-state index contributed by atoms with van der Waals surface area (Å²) in [6.45, 7) is 1.08. The first-order valence-electron chi connectivity index (χ1n) is 6.62. The van der Waals surface area contributed by atoms with Gasteiger partial charge >= 0.3 is 5.69 Å². The van der Waals surface area contributed by atoms with Gasteiger partial charge in [0.1, 0.15) is 12.3 Å². The van der Waals surface area contributed by atoms with Crippen LogP contribution >= 0.6 is 15.9 Å². The van der Waals surface area contributed by atoms with Crippen molar-refractivity contribution in [3.8, 4) is 0 Å². The number of nitrogens with zero attached hydrogens (tertiary/aromatic N) is 1. The fourth-order valence-corrected chi connectivity index (χ4v) is 2.67. The van der Waals surface area contributed by atoms with E-state index in [1.54, 1.807) is 0 Å². The molecular formula is C13H16BrN3O5. The molecule has 0 aromatic carbocycles. The quantitative estimate of drug-likeness (QED) is 0.669. The number of nitrogens with one attached hydrogen (secondary N) is 2. The number of aliphatic hydroxyl groups is 1. The molecule has 0 aliphatic carbocycles. The number of ether oxygens (including phenoxy) is 1. The van der Waals surface area contributed by atoms with E-state index in [1.165, 1.54) is 28.7 Å². The van der Waals surface area contributed by atoms with Crippen LogP contribution < -0.4 is 16.6 Å². The first-order chi connectivity index (χ1) is 10.5. The molecule has 0 bridgehead atoms. The highest BCUT2D eigenvalue weighted by Gasteiger charge is 2.36. The summed E-state index contributed by atoms with van der Waals surface area (Å²) >= 11 is 3.07. The highest BCUT2D eigenvalue weighted by atomic mass is 79.9. The maximum Gasteiger partial charge on any atom is 0.330 e. The molecule has 1 aromatic heterocycles. The Labute approximate surface area is 133 Å². The second-order valence-electron chi connectivity index (χ2n) is 4.90. The van der Waals surface area contributed by atoms with Crippen LogP contribution in [-0.4, -0.2) is 39.3 Å². The van der Waals surface area contributed by atoms with Gasteiger partial charge in [0.25, 0.3) is 5.56 Å². The maximum atomic E-state index is 11.9. The number of hydrogen-bond donors (Lipinski definition) is 3. The number of H-pyrrole nitrogens is 1. The number of aromatic amines is 1. The van der Waals surface area contributed by atoms with Gasteiger partial charge in [0, 0.05) is 19.5 Å². The fourth-order valence-electron chi connectivity index (χ4n) is 2.38. The first kappa shape index (κ1) is 16.7. The maximum absolute atomic E-state index is 11.9. The summed E-state index contributed by atoms with van der Waals surface area (Å²) in [6.07, 6.45) is 1.91. The third-order valence-electron chi connectivity index (χ3n) is 3.35. The zero-order chi connectivity index (χ0) is 16.3. The second kappa shape index (κ2) is 7.03. The van der Waals surface area contributed by atoms with E-state index in [-0.39, 0.29) is 18.1 Å². The Hall–Kier alpha value is -1.71. The van der Waals surface area contributed by atoms with Crippen molar-refractivity contribution in [3.05, 3.63) is 37.6 Å². The smallest absolute Gasteiger partial charge is 0.330 e. The number of carbonyl (C=O) groups excluding carboxylic acids is 1. The topological polar surface area (TPSA) is 113 Å². The monoisotopic (exact) mass is 373 g/mol. The van der Waals surface area contributed by atoms with E-state index in [0.29, 0.717) is 6.42 Å². The molecule has 2 rings (SSSR count). The van der Waals surface area contributed by atoms with E-state index in [4.69, 9.17) is 4.74 Å². The Morgan fingerprint density at radius 2 is 2.36 bits per heavy atom. The van der Waals surface area contributed by atoms with Gasteiger partial charge in [0.15, 0.2) is 0 Å². The molecule has 1 fully saturated rings. The summed E-state index contributed by atoms with van der Waals surface area (Å²) < 4.78 is 6.85. The molecule has 120 valence electrons. The molecule has 1 aliphatic heterocycles. The van der Waals surface area contributed by atoms with Gasteiger partial charge in [-0.25, -0.2) is 4.79 Å². The number of rotatable bonds is 4. The lowest BCUT2D eigenvalue weighted by Gasteiger charge is -2.16. The van der Waals surface area contributed by atoms with E-state index >= 15 is 0 Å². The van der Waals surface area contributed by atoms with Crippen LogP contribution in [-0.2, 0) is 9.53 Å².